The summed E-state index contributed by atoms with van der Waals surface area (Å²) in [6, 6.07) is 9.26. The van der Waals surface area contributed by atoms with Gasteiger partial charge in [0.25, 0.3) is 0 Å². The van der Waals surface area contributed by atoms with Crippen molar-refractivity contribution in [2.75, 3.05) is 7.11 Å². The maximum absolute atomic E-state index is 12.4. The van der Waals surface area contributed by atoms with Crippen molar-refractivity contribution >= 4 is 22.6 Å². The molecule has 1 amide bonds. The predicted molar refractivity (Wildman–Crippen MR) is 89.1 cm³/mol. The molecule has 0 spiro atoms. The molecule has 0 aliphatic heterocycles. The van der Waals surface area contributed by atoms with Gasteiger partial charge < -0.3 is 15.2 Å². The van der Waals surface area contributed by atoms with Crippen LogP contribution in [0.4, 0.5) is 8.78 Å². The first kappa shape index (κ1) is 18.6. The van der Waals surface area contributed by atoms with Crippen LogP contribution < -0.4 is 10.1 Å². The third-order valence-corrected chi connectivity index (χ3v) is 3.99. The number of fused-ring (bicyclic) bond motifs is 1. The minimum absolute atomic E-state index is 0.610. The Bertz CT molecular complexity index is 779. The number of ether oxygens (including phenoxy) is 1. The Labute approximate surface area is 143 Å². The lowest BCUT2D eigenvalue weighted by Gasteiger charge is -2.18. The highest BCUT2D eigenvalue weighted by atomic mass is 19.3. The maximum Gasteiger partial charge on any atom is 0.326 e. The molecular formula is C18H19F2NO4. The van der Waals surface area contributed by atoms with Crippen molar-refractivity contribution in [2.24, 2.45) is 0 Å². The van der Waals surface area contributed by atoms with Gasteiger partial charge in [-0.2, -0.15) is 0 Å². The Kier molecular flexibility index (Phi) is 5.90. The molecule has 25 heavy (non-hydrogen) atoms. The SMILES string of the molecule is COc1ccc2cc([C@H](C)C(=O)NC(CC(F)F)C(=O)O)ccc2c1. The Morgan fingerprint density at radius 2 is 1.80 bits per heavy atom. The summed E-state index contributed by atoms with van der Waals surface area (Å²) in [7, 11) is 1.57. The van der Waals surface area contributed by atoms with E-state index in [1.165, 1.54) is 0 Å². The van der Waals surface area contributed by atoms with E-state index in [1.807, 2.05) is 24.3 Å². The molecule has 0 radical (unpaired) electrons. The first-order valence-corrected chi connectivity index (χ1v) is 7.71. The normalized spacial score (nSPS) is 13.5. The van der Waals surface area contributed by atoms with E-state index in [1.54, 1.807) is 26.2 Å². The molecule has 0 fully saturated rings. The number of aliphatic carboxylic acids is 1. The fraction of sp³-hybridized carbons (Fsp3) is 0.333. The number of amides is 1. The van der Waals surface area contributed by atoms with Crippen molar-refractivity contribution in [3.8, 4) is 5.75 Å². The molecule has 2 aromatic carbocycles. The fourth-order valence-corrected chi connectivity index (χ4v) is 2.49. The lowest BCUT2D eigenvalue weighted by atomic mass is 9.96. The quantitative estimate of drug-likeness (QED) is 0.803. The van der Waals surface area contributed by atoms with Gasteiger partial charge in [0.1, 0.15) is 11.8 Å². The van der Waals surface area contributed by atoms with Gasteiger partial charge in [-0.1, -0.05) is 24.3 Å². The van der Waals surface area contributed by atoms with Crippen molar-refractivity contribution in [1.29, 1.82) is 0 Å². The number of rotatable bonds is 7. The summed E-state index contributed by atoms with van der Waals surface area (Å²) in [4.78, 5) is 23.2. The number of methoxy groups -OCH3 is 1. The largest absolute Gasteiger partial charge is 0.497 e. The molecule has 0 aromatic heterocycles. The number of benzene rings is 2. The maximum atomic E-state index is 12.4. The molecule has 1 unspecified atom stereocenters. The zero-order valence-electron chi connectivity index (χ0n) is 13.8. The number of carboxylic acids is 1. The molecule has 2 aromatic rings. The van der Waals surface area contributed by atoms with Gasteiger partial charge in [0.15, 0.2) is 0 Å². The average molecular weight is 351 g/mol. The molecule has 7 heteroatoms. The molecule has 0 aliphatic rings. The summed E-state index contributed by atoms with van der Waals surface area (Å²) in [6.07, 6.45) is -3.74. The van der Waals surface area contributed by atoms with Crippen LogP contribution in [0.1, 0.15) is 24.8 Å². The third-order valence-electron chi connectivity index (χ3n) is 3.99. The Hall–Kier alpha value is -2.70. The Morgan fingerprint density at radius 1 is 1.16 bits per heavy atom. The Balaban J connectivity index is 2.18. The van der Waals surface area contributed by atoms with Crippen LogP contribution in [0.25, 0.3) is 10.8 Å². The van der Waals surface area contributed by atoms with Gasteiger partial charge in [-0.3, -0.25) is 4.79 Å². The van der Waals surface area contributed by atoms with Gasteiger partial charge in [-0.15, -0.1) is 0 Å². The summed E-state index contributed by atoms with van der Waals surface area (Å²) in [5.74, 6) is -2.05. The van der Waals surface area contributed by atoms with Crippen LogP contribution in [0.5, 0.6) is 5.75 Å². The molecule has 2 rings (SSSR count). The number of alkyl halides is 2. The zero-order valence-corrected chi connectivity index (χ0v) is 13.8. The second-order valence-electron chi connectivity index (χ2n) is 5.72. The van der Waals surface area contributed by atoms with Crippen LogP contribution in [0.15, 0.2) is 36.4 Å². The topological polar surface area (TPSA) is 75.6 Å². The van der Waals surface area contributed by atoms with Crippen molar-refractivity contribution < 1.29 is 28.2 Å². The van der Waals surface area contributed by atoms with Crippen molar-refractivity contribution in [3.63, 3.8) is 0 Å². The van der Waals surface area contributed by atoms with Gasteiger partial charge in [-0.25, -0.2) is 13.6 Å². The van der Waals surface area contributed by atoms with Gasteiger partial charge in [-0.05, 0) is 35.4 Å². The van der Waals surface area contributed by atoms with Gasteiger partial charge in [0, 0.05) is 6.42 Å². The fourth-order valence-electron chi connectivity index (χ4n) is 2.49. The number of carbonyl (C=O) groups is 2. The van der Waals surface area contributed by atoms with Gasteiger partial charge in [0.2, 0.25) is 12.3 Å². The summed E-state index contributed by atoms with van der Waals surface area (Å²) in [5, 5.41) is 12.9. The van der Waals surface area contributed by atoms with Crippen LogP contribution in [0.2, 0.25) is 0 Å². The van der Waals surface area contributed by atoms with Crippen molar-refractivity contribution in [1.82, 2.24) is 5.32 Å². The van der Waals surface area contributed by atoms with Gasteiger partial charge in [0.05, 0.1) is 13.0 Å². The molecule has 0 heterocycles. The van der Waals surface area contributed by atoms with Crippen LogP contribution in [-0.4, -0.2) is 36.6 Å². The molecule has 0 saturated carbocycles. The lowest BCUT2D eigenvalue weighted by molar-refractivity contribution is -0.143. The number of carboxylic acid groups (broad SMARTS) is 1. The predicted octanol–water partition coefficient (Wildman–Crippen LogP) is 3.18. The highest BCUT2D eigenvalue weighted by molar-refractivity contribution is 5.90. The molecule has 0 aliphatic carbocycles. The second-order valence-corrected chi connectivity index (χ2v) is 5.72. The van der Waals surface area contributed by atoms with E-state index in [4.69, 9.17) is 9.84 Å². The average Bonchev–Trinajstić information content (AvgIpc) is 2.58. The van der Waals surface area contributed by atoms with Crippen molar-refractivity contribution in [3.05, 3.63) is 42.0 Å². The van der Waals surface area contributed by atoms with E-state index in [2.05, 4.69) is 5.32 Å². The molecule has 0 bridgehead atoms. The smallest absolute Gasteiger partial charge is 0.326 e. The number of hydrogen-bond acceptors (Lipinski definition) is 3. The zero-order chi connectivity index (χ0) is 18.6. The first-order valence-electron chi connectivity index (χ1n) is 7.71. The number of carbonyl (C=O) groups excluding carboxylic acids is 1. The number of hydrogen-bond donors (Lipinski definition) is 2. The summed E-state index contributed by atoms with van der Waals surface area (Å²) < 4.78 is 30.0. The molecular weight excluding hydrogens is 332 g/mol. The van der Waals surface area contributed by atoms with E-state index >= 15 is 0 Å². The summed E-state index contributed by atoms with van der Waals surface area (Å²) in [5.41, 5.74) is 0.663. The molecule has 5 nitrogen and oxygen atoms in total. The Morgan fingerprint density at radius 3 is 2.40 bits per heavy atom. The lowest BCUT2D eigenvalue weighted by Crippen LogP contribution is -2.43. The van der Waals surface area contributed by atoms with Crippen molar-refractivity contribution in [2.45, 2.75) is 31.7 Å². The highest BCUT2D eigenvalue weighted by Crippen LogP contribution is 2.25. The van der Waals surface area contributed by atoms with Crippen LogP contribution in [0.3, 0.4) is 0 Å². The minimum atomic E-state index is -2.81. The van der Waals surface area contributed by atoms with Crippen LogP contribution >= 0.6 is 0 Å². The number of halogens is 2. The van der Waals surface area contributed by atoms with Crippen LogP contribution in [-0.2, 0) is 9.59 Å². The summed E-state index contributed by atoms with van der Waals surface area (Å²) >= 11 is 0. The first-order chi connectivity index (χ1) is 11.8. The number of nitrogens with one attached hydrogen (secondary N) is 1. The third kappa shape index (κ3) is 4.65. The van der Waals surface area contributed by atoms with Gasteiger partial charge >= 0.3 is 5.97 Å². The van der Waals surface area contributed by atoms with E-state index in [0.29, 0.717) is 11.3 Å². The molecule has 0 saturated heterocycles. The monoisotopic (exact) mass is 351 g/mol. The standard InChI is InChI=1S/C18H19F2NO4/c1-10(17(22)21-15(18(23)24)9-16(19)20)11-3-4-13-8-14(25-2)6-5-12(13)7-11/h3-8,10,15-16H,9H2,1-2H3,(H,21,22)(H,23,24)/t10-,15?/m0/s1. The summed E-state index contributed by atoms with van der Waals surface area (Å²) in [6.45, 7) is 1.60. The molecule has 134 valence electrons. The van der Waals surface area contributed by atoms with E-state index in [0.717, 1.165) is 10.8 Å². The van der Waals surface area contributed by atoms with Crippen LogP contribution in [0, 0.1) is 0 Å². The molecule has 2 atom stereocenters. The minimum Gasteiger partial charge on any atom is -0.497 e. The van der Waals surface area contributed by atoms with E-state index < -0.39 is 36.7 Å². The van der Waals surface area contributed by atoms with E-state index in [-0.39, 0.29) is 0 Å². The molecule has 2 N–H and O–H groups in total. The van der Waals surface area contributed by atoms with E-state index in [9.17, 15) is 18.4 Å². The second kappa shape index (κ2) is 7.92. The highest BCUT2D eigenvalue weighted by Gasteiger charge is 2.26.